The second-order valence-electron chi connectivity index (χ2n) is 5.43. The molecule has 1 N–H and O–H groups in total. The summed E-state index contributed by atoms with van der Waals surface area (Å²) in [5.41, 5.74) is 1.87. The van der Waals surface area contributed by atoms with Crippen molar-refractivity contribution in [2.75, 3.05) is 6.54 Å². The molecule has 0 aliphatic heterocycles. The van der Waals surface area contributed by atoms with E-state index in [1.807, 2.05) is 12.4 Å². The number of nitrogens with one attached hydrogen (secondary N) is 1. The SMILES string of the molecule is CCCNC1CC(c2ccncc2)C1(C)CC. The van der Waals surface area contributed by atoms with Crippen LogP contribution in [0.25, 0.3) is 0 Å². The fourth-order valence-electron chi connectivity index (χ4n) is 3.10. The predicted molar refractivity (Wildman–Crippen MR) is 72.1 cm³/mol. The lowest BCUT2D eigenvalue weighted by molar-refractivity contribution is 0.0445. The Morgan fingerprint density at radius 1 is 1.35 bits per heavy atom. The number of hydrogen-bond acceptors (Lipinski definition) is 2. The molecular weight excluding hydrogens is 208 g/mol. The second-order valence-corrected chi connectivity index (χ2v) is 5.43. The van der Waals surface area contributed by atoms with Gasteiger partial charge in [0.1, 0.15) is 0 Å². The molecule has 17 heavy (non-hydrogen) atoms. The van der Waals surface area contributed by atoms with Crippen LogP contribution in [0.5, 0.6) is 0 Å². The number of nitrogens with zero attached hydrogens (tertiary/aromatic N) is 1. The van der Waals surface area contributed by atoms with E-state index in [9.17, 15) is 0 Å². The number of rotatable bonds is 5. The second kappa shape index (κ2) is 5.18. The molecule has 1 aromatic heterocycles. The molecule has 2 nitrogen and oxygen atoms in total. The van der Waals surface area contributed by atoms with Crippen LogP contribution >= 0.6 is 0 Å². The molecule has 1 heterocycles. The van der Waals surface area contributed by atoms with Crippen LogP contribution in [0.3, 0.4) is 0 Å². The third-order valence-electron chi connectivity index (χ3n) is 4.57. The number of hydrogen-bond donors (Lipinski definition) is 1. The van der Waals surface area contributed by atoms with Crippen LogP contribution in [0.2, 0.25) is 0 Å². The first kappa shape index (κ1) is 12.6. The molecule has 94 valence electrons. The zero-order valence-electron chi connectivity index (χ0n) is 11.2. The molecule has 0 spiro atoms. The van der Waals surface area contributed by atoms with Gasteiger partial charge in [0, 0.05) is 18.4 Å². The third-order valence-corrected chi connectivity index (χ3v) is 4.57. The van der Waals surface area contributed by atoms with Gasteiger partial charge >= 0.3 is 0 Å². The van der Waals surface area contributed by atoms with Gasteiger partial charge in [-0.15, -0.1) is 0 Å². The molecule has 1 saturated carbocycles. The summed E-state index contributed by atoms with van der Waals surface area (Å²) < 4.78 is 0. The summed E-state index contributed by atoms with van der Waals surface area (Å²) in [6.07, 6.45) is 7.56. The van der Waals surface area contributed by atoms with E-state index in [4.69, 9.17) is 0 Å². The summed E-state index contributed by atoms with van der Waals surface area (Å²) in [5, 5.41) is 3.69. The van der Waals surface area contributed by atoms with E-state index in [-0.39, 0.29) is 0 Å². The van der Waals surface area contributed by atoms with Crippen molar-refractivity contribution in [3.63, 3.8) is 0 Å². The van der Waals surface area contributed by atoms with Gasteiger partial charge in [0.2, 0.25) is 0 Å². The highest BCUT2D eigenvalue weighted by Gasteiger charge is 2.50. The van der Waals surface area contributed by atoms with Gasteiger partial charge in [-0.05, 0) is 54.8 Å². The normalized spacial score (nSPS) is 32.2. The first-order valence-electron chi connectivity index (χ1n) is 6.85. The van der Waals surface area contributed by atoms with Gasteiger partial charge in [0.15, 0.2) is 0 Å². The van der Waals surface area contributed by atoms with Crippen LogP contribution in [-0.4, -0.2) is 17.6 Å². The maximum Gasteiger partial charge on any atom is 0.0270 e. The van der Waals surface area contributed by atoms with Gasteiger partial charge in [-0.25, -0.2) is 0 Å². The topological polar surface area (TPSA) is 24.9 Å². The molecule has 1 fully saturated rings. The lowest BCUT2D eigenvalue weighted by Crippen LogP contribution is -2.56. The lowest BCUT2D eigenvalue weighted by atomic mass is 9.54. The molecule has 2 heteroatoms. The number of pyridine rings is 1. The molecule has 1 aliphatic carbocycles. The first-order chi connectivity index (χ1) is 8.22. The van der Waals surface area contributed by atoms with E-state index in [0.29, 0.717) is 17.4 Å². The van der Waals surface area contributed by atoms with E-state index in [2.05, 4.69) is 43.2 Å². The minimum atomic E-state index is 0.413. The molecule has 0 aromatic carbocycles. The summed E-state index contributed by atoms with van der Waals surface area (Å²) in [5.74, 6) is 0.699. The standard InChI is InChI=1S/C15H24N2/c1-4-8-17-14-11-13(15(14,3)5-2)12-6-9-16-10-7-12/h6-7,9-10,13-14,17H,4-5,8,11H2,1-3H3. The summed E-state index contributed by atoms with van der Waals surface area (Å²) >= 11 is 0. The van der Waals surface area contributed by atoms with E-state index in [1.54, 1.807) is 0 Å². The Bertz CT molecular complexity index is 349. The van der Waals surface area contributed by atoms with Gasteiger partial charge in [0.25, 0.3) is 0 Å². The fraction of sp³-hybridized carbons (Fsp3) is 0.667. The van der Waals surface area contributed by atoms with E-state index >= 15 is 0 Å². The average Bonchev–Trinajstić information content (AvgIpc) is 2.38. The number of aromatic nitrogens is 1. The average molecular weight is 232 g/mol. The maximum atomic E-state index is 4.11. The van der Waals surface area contributed by atoms with Gasteiger partial charge in [-0.3, -0.25) is 4.98 Å². The molecule has 0 radical (unpaired) electrons. The maximum absolute atomic E-state index is 4.11. The van der Waals surface area contributed by atoms with Gasteiger partial charge < -0.3 is 5.32 Å². The van der Waals surface area contributed by atoms with Crippen LogP contribution in [0.4, 0.5) is 0 Å². The van der Waals surface area contributed by atoms with Crippen LogP contribution < -0.4 is 5.32 Å². The highest BCUT2D eigenvalue weighted by molar-refractivity contribution is 5.25. The quantitative estimate of drug-likeness (QED) is 0.842. The predicted octanol–water partition coefficient (Wildman–Crippen LogP) is 3.35. The van der Waals surface area contributed by atoms with Gasteiger partial charge in [-0.1, -0.05) is 20.8 Å². The van der Waals surface area contributed by atoms with E-state index in [0.717, 1.165) is 6.54 Å². The zero-order chi connectivity index (χ0) is 12.3. The lowest BCUT2D eigenvalue weighted by Gasteiger charge is -2.55. The molecular formula is C15H24N2. The smallest absolute Gasteiger partial charge is 0.0270 e. The molecule has 0 amide bonds. The first-order valence-corrected chi connectivity index (χ1v) is 6.85. The Hall–Kier alpha value is -0.890. The molecule has 2 rings (SSSR count). The van der Waals surface area contributed by atoms with Crippen molar-refractivity contribution in [2.24, 2.45) is 5.41 Å². The molecule has 1 aromatic rings. The van der Waals surface area contributed by atoms with Crippen molar-refractivity contribution >= 4 is 0 Å². The van der Waals surface area contributed by atoms with Crippen molar-refractivity contribution < 1.29 is 0 Å². The van der Waals surface area contributed by atoms with Gasteiger partial charge in [-0.2, -0.15) is 0 Å². The Morgan fingerprint density at radius 2 is 2.06 bits per heavy atom. The van der Waals surface area contributed by atoms with Gasteiger partial charge in [0.05, 0.1) is 0 Å². The Kier molecular flexibility index (Phi) is 3.82. The summed E-state index contributed by atoms with van der Waals surface area (Å²) in [4.78, 5) is 4.11. The summed E-state index contributed by atoms with van der Waals surface area (Å²) in [6, 6.07) is 5.04. The fourth-order valence-corrected chi connectivity index (χ4v) is 3.10. The van der Waals surface area contributed by atoms with Crippen molar-refractivity contribution in [1.82, 2.24) is 10.3 Å². The van der Waals surface area contributed by atoms with Crippen molar-refractivity contribution in [1.29, 1.82) is 0 Å². The van der Waals surface area contributed by atoms with E-state index in [1.165, 1.54) is 24.8 Å². The van der Waals surface area contributed by atoms with Crippen LogP contribution in [-0.2, 0) is 0 Å². The molecule has 3 unspecified atom stereocenters. The summed E-state index contributed by atoms with van der Waals surface area (Å²) in [7, 11) is 0. The largest absolute Gasteiger partial charge is 0.313 e. The van der Waals surface area contributed by atoms with Crippen molar-refractivity contribution in [2.45, 2.75) is 52.0 Å². The highest BCUT2D eigenvalue weighted by atomic mass is 15.0. The zero-order valence-corrected chi connectivity index (χ0v) is 11.2. The van der Waals surface area contributed by atoms with Crippen molar-refractivity contribution in [3.8, 4) is 0 Å². The minimum absolute atomic E-state index is 0.413. The van der Waals surface area contributed by atoms with Crippen LogP contribution in [0.1, 0.15) is 51.5 Å². The molecule has 1 aliphatic rings. The Morgan fingerprint density at radius 3 is 2.65 bits per heavy atom. The summed E-state index contributed by atoms with van der Waals surface area (Å²) in [6.45, 7) is 8.11. The molecule has 0 saturated heterocycles. The highest BCUT2D eigenvalue weighted by Crippen LogP contribution is 2.54. The Balaban J connectivity index is 2.07. The molecule has 0 bridgehead atoms. The van der Waals surface area contributed by atoms with Crippen LogP contribution in [0.15, 0.2) is 24.5 Å². The third kappa shape index (κ3) is 2.23. The molecule has 3 atom stereocenters. The Labute approximate surface area is 105 Å². The van der Waals surface area contributed by atoms with E-state index < -0.39 is 0 Å². The monoisotopic (exact) mass is 232 g/mol. The van der Waals surface area contributed by atoms with Crippen molar-refractivity contribution in [3.05, 3.63) is 30.1 Å². The minimum Gasteiger partial charge on any atom is -0.313 e. The van der Waals surface area contributed by atoms with Crippen LogP contribution in [0, 0.1) is 5.41 Å².